The van der Waals surface area contributed by atoms with E-state index in [-0.39, 0.29) is 11.3 Å². The summed E-state index contributed by atoms with van der Waals surface area (Å²) in [6, 6.07) is 10.9. The third-order valence-electron chi connectivity index (χ3n) is 5.36. The van der Waals surface area contributed by atoms with Crippen molar-refractivity contribution in [3.05, 3.63) is 118 Å². The Hall–Kier alpha value is -1.87. The maximum Gasteiger partial charge on any atom is 0.0470 e. The summed E-state index contributed by atoms with van der Waals surface area (Å²) in [4.78, 5) is 0. The SMILES string of the molecule is C=C/C=C\C(=C/C)C(/C(C)=C/C=C(/I)CC)(c1ccccc1)C(/C=C\C=C)CC. The molecule has 0 bridgehead atoms. The summed E-state index contributed by atoms with van der Waals surface area (Å²) in [5.74, 6) is 0.285. The Morgan fingerprint density at radius 2 is 1.72 bits per heavy atom. The average Bonchev–Trinajstić information content (AvgIpc) is 2.76. The molecule has 0 saturated heterocycles. The van der Waals surface area contributed by atoms with Gasteiger partial charge in [-0.2, -0.15) is 0 Å². The van der Waals surface area contributed by atoms with E-state index in [1.54, 1.807) is 0 Å². The van der Waals surface area contributed by atoms with Crippen LogP contribution in [0.5, 0.6) is 0 Å². The van der Waals surface area contributed by atoms with Crippen molar-refractivity contribution in [3.8, 4) is 0 Å². The quantitative estimate of drug-likeness (QED) is 0.211. The van der Waals surface area contributed by atoms with Crippen LogP contribution in [0.1, 0.15) is 46.1 Å². The van der Waals surface area contributed by atoms with Crippen molar-refractivity contribution in [1.29, 1.82) is 0 Å². The van der Waals surface area contributed by atoms with Crippen LogP contribution in [0.4, 0.5) is 0 Å². The molecule has 0 aliphatic rings. The van der Waals surface area contributed by atoms with Gasteiger partial charge in [0.05, 0.1) is 0 Å². The van der Waals surface area contributed by atoms with Crippen LogP contribution in [0, 0.1) is 5.92 Å². The molecule has 0 saturated carbocycles. The minimum Gasteiger partial charge on any atom is -0.0991 e. The van der Waals surface area contributed by atoms with E-state index < -0.39 is 0 Å². The monoisotopic (exact) mass is 498 g/mol. The van der Waals surface area contributed by atoms with Crippen LogP contribution in [0.3, 0.4) is 0 Å². The van der Waals surface area contributed by atoms with Crippen molar-refractivity contribution in [3.63, 3.8) is 0 Å². The smallest absolute Gasteiger partial charge is 0.0470 e. The van der Waals surface area contributed by atoms with E-state index in [1.807, 2.05) is 18.2 Å². The molecule has 1 aromatic rings. The molecule has 0 aromatic heterocycles. The Balaban J connectivity index is 3.99. The molecule has 1 rings (SSSR count). The highest BCUT2D eigenvalue weighted by Gasteiger charge is 2.41. The lowest BCUT2D eigenvalue weighted by Crippen LogP contribution is -2.37. The Labute approximate surface area is 192 Å². The topological polar surface area (TPSA) is 0 Å². The van der Waals surface area contributed by atoms with Crippen LogP contribution in [-0.2, 0) is 5.41 Å². The van der Waals surface area contributed by atoms with Gasteiger partial charge in [0.25, 0.3) is 0 Å². The maximum absolute atomic E-state index is 3.90. The molecule has 0 aliphatic heterocycles. The second kappa shape index (κ2) is 13.4. The van der Waals surface area contributed by atoms with Gasteiger partial charge in [-0.3, -0.25) is 0 Å². The van der Waals surface area contributed by atoms with E-state index in [0.29, 0.717) is 0 Å². The first kappa shape index (κ1) is 25.2. The molecule has 0 nitrogen and oxygen atoms in total. The molecule has 0 fully saturated rings. The number of halogens is 1. The van der Waals surface area contributed by atoms with E-state index in [2.05, 4.69) is 130 Å². The minimum atomic E-state index is -0.273. The van der Waals surface area contributed by atoms with Crippen LogP contribution in [0.2, 0.25) is 0 Å². The summed E-state index contributed by atoms with van der Waals surface area (Å²) in [5, 5.41) is 0. The molecule has 2 atom stereocenters. The molecule has 0 radical (unpaired) electrons. The van der Waals surface area contributed by atoms with Crippen LogP contribution in [0.15, 0.2) is 113 Å². The summed E-state index contributed by atoms with van der Waals surface area (Å²) in [6.45, 7) is 16.6. The molecular formula is C28H35I. The Kier molecular flexibility index (Phi) is 11.6. The second-order valence-electron chi connectivity index (χ2n) is 6.96. The molecule has 0 N–H and O–H groups in total. The van der Waals surface area contributed by atoms with Gasteiger partial charge < -0.3 is 0 Å². The van der Waals surface area contributed by atoms with Gasteiger partial charge in [0.1, 0.15) is 0 Å². The fraction of sp³-hybridized carbons (Fsp3) is 0.286. The van der Waals surface area contributed by atoms with Gasteiger partial charge in [-0.1, -0.05) is 118 Å². The fourth-order valence-electron chi connectivity index (χ4n) is 3.93. The third kappa shape index (κ3) is 6.30. The Bertz CT molecular complexity index is 802. The normalized spacial score (nSPS) is 16.8. The zero-order valence-electron chi connectivity index (χ0n) is 18.4. The molecule has 154 valence electrons. The molecule has 1 aromatic carbocycles. The lowest BCUT2D eigenvalue weighted by Gasteiger charge is -2.43. The molecule has 1 heteroatoms. The van der Waals surface area contributed by atoms with E-state index in [0.717, 1.165) is 12.8 Å². The number of allylic oxidation sites excluding steroid dienone is 12. The molecule has 0 heterocycles. The van der Waals surface area contributed by atoms with E-state index in [1.165, 1.54) is 20.3 Å². The van der Waals surface area contributed by atoms with Crippen molar-refractivity contribution in [2.45, 2.75) is 46.0 Å². The molecule has 29 heavy (non-hydrogen) atoms. The van der Waals surface area contributed by atoms with Gasteiger partial charge >= 0.3 is 0 Å². The van der Waals surface area contributed by atoms with Gasteiger partial charge in [-0.05, 0) is 69.9 Å². The Morgan fingerprint density at radius 3 is 2.24 bits per heavy atom. The van der Waals surface area contributed by atoms with E-state index in [4.69, 9.17) is 0 Å². The van der Waals surface area contributed by atoms with Gasteiger partial charge in [0.2, 0.25) is 0 Å². The van der Waals surface area contributed by atoms with Crippen LogP contribution >= 0.6 is 22.6 Å². The second-order valence-corrected chi connectivity index (χ2v) is 8.35. The first-order chi connectivity index (χ1) is 14.0. The predicted octanol–water partition coefficient (Wildman–Crippen LogP) is 9.06. The minimum absolute atomic E-state index is 0.273. The first-order valence-electron chi connectivity index (χ1n) is 10.4. The molecule has 2 unspecified atom stereocenters. The first-order valence-corrected chi connectivity index (χ1v) is 11.4. The van der Waals surface area contributed by atoms with Crippen molar-refractivity contribution in [2.75, 3.05) is 0 Å². The number of hydrogen-bond acceptors (Lipinski definition) is 0. The summed E-state index contributed by atoms with van der Waals surface area (Å²) in [6.07, 6.45) is 21.2. The summed E-state index contributed by atoms with van der Waals surface area (Å²) in [5.41, 5.74) is 3.63. The highest BCUT2D eigenvalue weighted by Crippen LogP contribution is 2.48. The zero-order chi connectivity index (χ0) is 21.7. The maximum atomic E-state index is 3.90. The molecule has 0 aliphatic carbocycles. The van der Waals surface area contributed by atoms with Crippen molar-refractivity contribution in [2.24, 2.45) is 5.92 Å². The lowest BCUT2D eigenvalue weighted by atomic mass is 9.60. The lowest BCUT2D eigenvalue weighted by molar-refractivity contribution is 0.425. The average molecular weight is 498 g/mol. The summed E-state index contributed by atoms with van der Waals surface area (Å²) in [7, 11) is 0. The van der Waals surface area contributed by atoms with Crippen LogP contribution < -0.4 is 0 Å². The standard InChI is InChI=1S/C28H35I/c1-7-12-17-24(9-3)28(25(10-4)18-13-8-2,26-19-15-14-16-20-26)23(6)21-22-27(29)11-5/h7-9,12-22,25H,1-2,10-11H2,3-6H3/b17-12-,18-13-,23-21+,24-9+,27-22+. The summed E-state index contributed by atoms with van der Waals surface area (Å²) < 4.78 is 1.35. The van der Waals surface area contributed by atoms with Crippen molar-refractivity contribution >= 4 is 22.6 Å². The van der Waals surface area contributed by atoms with Crippen LogP contribution in [-0.4, -0.2) is 0 Å². The van der Waals surface area contributed by atoms with E-state index in [9.17, 15) is 0 Å². The predicted molar refractivity (Wildman–Crippen MR) is 140 cm³/mol. The Morgan fingerprint density at radius 1 is 1.07 bits per heavy atom. The van der Waals surface area contributed by atoms with Gasteiger partial charge in [0.15, 0.2) is 0 Å². The number of benzene rings is 1. The summed E-state index contributed by atoms with van der Waals surface area (Å²) >= 11 is 2.43. The molecule has 0 amide bonds. The van der Waals surface area contributed by atoms with Gasteiger partial charge in [0, 0.05) is 5.41 Å². The largest absolute Gasteiger partial charge is 0.0991 e. The highest BCUT2D eigenvalue weighted by atomic mass is 127. The van der Waals surface area contributed by atoms with E-state index >= 15 is 0 Å². The molecule has 0 spiro atoms. The third-order valence-corrected chi connectivity index (χ3v) is 6.48. The van der Waals surface area contributed by atoms with Crippen molar-refractivity contribution < 1.29 is 0 Å². The van der Waals surface area contributed by atoms with Crippen LogP contribution in [0.25, 0.3) is 0 Å². The van der Waals surface area contributed by atoms with Gasteiger partial charge in [-0.15, -0.1) is 0 Å². The zero-order valence-corrected chi connectivity index (χ0v) is 20.5. The van der Waals surface area contributed by atoms with Crippen molar-refractivity contribution in [1.82, 2.24) is 0 Å². The van der Waals surface area contributed by atoms with Gasteiger partial charge in [-0.25, -0.2) is 0 Å². The highest BCUT2D eigenvalue weighted by molar-refractivity contribution is 14.1. The number of hydrogen-bond donors (Lipinski definition) is 0. The number of rotatable bonds is 11. The fourth-order valence-corrected chi connectivity index (χ4v) is 4.11. The molecular weight excluding hydrogens is 463 g/mol.